The fourth-order valence-electron chi connectivity index (χ4n) is 2.20. The molecule has 1 fully saturated rings. The maximum Gasteiger partial charge on any atom is 0.294 e. The van der Waals surface area contributed by atoms with Crippen molar-refractivity contribution in [1.29, 1.82) is 0 Å². The zero-order valence-corrected chi connectivity index (χ0v) is 12.4. The van der Waals surface area contributed by atoms with Crippen molar-refractivity contribution in [3.8, 4) is 0 Å². The van der Waals surface area contributed by atoms with Gasteiger partial charge in [-0.1, -0.05) is 24.4 Å². The zero-order chi connectivity index (χ0) is 14.5. The number of benzene rings is 1. The number of carbonyl (C=O) groups excluding carboxylic acids is 1. The molecule has 0 aliphatic heterocycles. The van der Waals surface area contributed by atoms with E-state index in [1.807, 2.05) is 0 Å². The van der Waals surface area contributed by atoms with Crippen LogP contribution in [0.4, 0.5) is 11.4 Å². The number of nitro groups is 1. The number of carbonyl (C=O) groups is 1. The molecule has 0 unspecified atom stereocenters. The summed E-state index contributed by atoms with van der Waals surface area (Å²) in [6.45, 7) is 0. The Kier molecular flexibility index (Phi) is 5.25. The van der Waals surface area contributed by atoms with Gasteiger partial charge < -0.3 is 5.32 Å². The Bertz CT molecular complexity index is 518. The summed E-state index contributed by atoms with van der Waals surface area (Å²) in [5.41, 5.74) is 0.00754. The van der Waals surface area contributed by atoms with Gasteiger partial charge >= 0.3 is 0 Å². The Morgan fingerprint density at radius 1 is 1.45 bits per heavy atom. The second-order valence-electron chi connectivity index (χ2n) is 4.68. The lowest BCUT2D eigenvalue weighted by molar-refractivity contribution is -0.383. The number of hydrogen-bond acceptors (Lipinski definition) is 4. The van der Waals surface area contributed by atoms with Crippen molar-refractivity contribution in [3.63, 3.8) is 0 Å². The highest BCUT2D eigenvalue weighted by atomic mass is 35.5. The molecule has 7 heteroatoms. The average Bonchev–Trinajstić information content (AvgIpc) is 2.91. The number of rotatable bonds is 5. The van der Waals surface area contributed by atoms with Crippen LogP contribution >= 0.6 is 23.4 Å². The predicted molar refractivity (Wildman–Crippen MR) is 81.5 cm³/mol. The molecule has 0 saturated heterocycles. The van der Waals surface area contributed by atoms with Crippen molar-refractivity contribution in [3.05, 3.63) is 33.3 Å². The van der Waals surface area contributed by atoms with Gasteiger partial charge in [0, 0.05) is 16.3 Å². The third-order valence-corrected chi connectivity index (χ3v) is 4.79. The maximum atomic E-state index is 11.8. The summed E-state index contributed by atoms with van der Waals surface area (Å²) in [6.07, 6.45) is 4.75. The van der Waals surface area contributed by atoms with E-state index in [0.29, 0.717) is 11.0 Å². The average molecular weight is 315 g/mol. The van der Waals surface area contributed by atoms with Crippen LogP contribution in [0.3, 0.4) is 0 Å². The highest BCUT2D eigenvalue weighted by molar-refractivity contribution is 8.00. The molecule has 108 valence electrons. The second kappa shape index (κ2) is 6.95. The highest BCUT2D eigenvalue weighted by Crippen LogP contribution is 2.30. The number of amides is 1. The van der Waals surface area contributed by atoms with Gasteiger partial charge in [-0.3, -0.25) is 14.9 Å². The van der Waals surface area contributed by atoms with Gasteiger partial charge in [0.15, 0.2) is 0 Å². The molecule has 0 heterocycles. The van der Waals surface area contributed by atoms with E-state index in [1.54, 1.807) is 11.8 Å². The minimum atomic E-state index is -0.550. The SMILES string of the molecule is O=C(CSC1CCCC1)Nc1ccc(Cl)cc1[N+](=O)[O-]. The Morgan fingerprint density at radius 3 is 2.80 bits per heavy atom. The molecular weight excluding hydrogens is 300 g/mol. The van der Waals surface area contributed by atoms with Crippen molar-refractivity contribution < 1.29 is 9.72 Å². The molecule has 20 heavy (non-hydrogen) atoms. The zero-order valence-electron chi connectivity index (χ0n) is 10.8. The number of hydrogen-bond donors (Lipinski definition) is 1. The van der Waals surface area contributed by atoms with E-state index >= 15 is 0 Å². The first-order valence-corrected chi connectivity index (χ1v) is 7.84. The van der Waals surface area contributed by atoms with E-state index in [-0.39, 0.29) is 22.3 Å². The smallest absolute Gasteiger partial charge is 0.294 e. The van der Waals surface area contributed by atoms with Crippen LogP contribution in [0, 0.1) is 10.1 Å². The predicted octanol–water partition coefficient (Wildman–Crippen LogP) is 3.86. The summed E-state index contributed by atoms with van der Waals surface area (Å²) in [5, 5.41) is 14.3. The first-order valence-electron chi connectivity index (χ1n) is 6.41. The number of nitro benzene ring substituents is 1. The normalized spacial score (nSPS) is 15.2. The topological polar surface area (TPSA) is 72.2 Å². The Morgan fingerprint density at radius 2 is 2.15 bits per heavy atom. The van der Waals surface area contributed by atoms with Crippen LogP contribution in [0.1, 0.15) is 25.7 Å². The Balaban J connectivity index is 1.94. The van der Waals surface area contributed by atoms with Gasteiger partial charge in [0.25, 0.3) is 5.69 Å². The van der Waals surface area contributed by atoms with Gasteiger partial charge in [-0.05, 0) is 25.0 Å². The molecule has 1 aliphatic rings. The molecule has 0 aromatic heterocycles. The van der Waals surface area contributed by atoms with Gasteiger partial charge in [-0.25, -0.2) is 0 Å². The van der Waals surface area contributed by atoms with Crippen molar-refractivity contribution >= 4 is 40.6 Å². The van der Waals surface area contributed by atoms with Gasteiger partial charge in [0.1, 0.15) is 5.69 Å². The number of nitrogens with one attached hydrogen (secondary N) is 1. The minimum Gasteiger partial charge on any atom is -0.320 e. The molecule has 1 saturated carbocycles. The molecule has 0 spiro atoms. The van der Waals surface area contributed by atoms with Crippen LogP contribution < -0.4 is 5.32 Å². The molecule has 0 atom stereocenters. The second-order valence-corrected chi connectivity index (χ2v) is 6.41. The van der Waals surface area contributed by atoms with E-state index in [9.17, 15) is 14.9 Å². The standard InChI is InChI=1S/C13H15ClN2O3S/c14-9-5-6-11(12(7-9)16(18)19)15-13(17)8-20-10-3-1-2-4-10/h5-7,10H,1-4,8H2,(H,15,17). The van der Waals surface area contributed by atoms with Crippen LogP contribution in [-0.2, 0) is 4.79 Å². The van der Waals surface area contributed by atoms with Crippen molar-refractivity contribution in [2.45, 2.75) is 30.9 Å². The van der Waals surface area contributed by atoms with Crippen LogP contribution in [0.2, 0.25) is 5.02 Å². The Hall–Kier alpha value is -1.27. The number of anilines is 1. The van der Waals surface area contributed by atoms with Crippen LogP contribution in [0.25, 0.3) is 0 Å². The van der Waals surface area contributed by atoms with Gasteiger partial charge in [0.2, 0.25) is 5.91 Å². The molecule has 1 aromatic rings. The number of thioether (sulfide) groups is 1. The molecule has 1 N–H and O–H groups in total. The van der Waals surface area contributed by atoms with Gasteiger partial charge in [-0.2, -0.15) is 0 Å². The lowest BCUT2D eigenvalue weighted by Gasteiger charge is -2.09. The number of nitrogens with zero attached hydrogens (tertiary/aromatic N) is 1. The molecule has 5 nitrogen and oxygen atoms in total. The molecular formula is C13H15ClN2O3S. The summed E-state index contributed by atoms with van der Waals surface area (Å²) < 4.78 is 0. The number of halogens is 1. The van der Waals surface area contributed by atoms with Crippen LogP contribution in [-0.4, -0.2) is 21.8 Å². The quantitative estimate of drug-likeness (QED) is 0.661. The molecule has 1 aromatic carbocycles. The largest absolute Gasteiger partial charge is 0.320 e. The summed E-state index contributed by atoms with van der Waals surface area (Å²) in [7, 11) is 0. The molecule has 0 radical (unpaired) electrons. The lowest BCUT2D eigenvalue weighted by atomic mass is 10.2. The van der Waals surface area contributed by atoms with Crippen molar-refractivity contribution in [1.82, 2.24) is 0 Å². The fourth-order valence-corrected chi connectivity index (χ4v) is 3.49. The van der Waals surface area contributed by atoms with E-state index in [4.69, 9.17) is 11.6 Å². The third kappa shape index (κ3) is 4.11. The van der Waals surface area contributed by atoms with Crippen LogP contribution in [0.5, 0.6) is 0 Å². The van der Waals surface area contributed by atoms with Crippen molar-refractivity contribution in [2.75, 3.05) is 11.1 Å². The van der Waals surface area contributed by atoms with E-state index in [1.165, 1.54) is 31.0 Å². The highest BCUT2D eigenvalue weighted by Gasteiger charge is 2.19. The fraction of sp³-hybridized carbons (Fsp3) is 0.462. The van der Waals surface area contributed by atoms with E-state index in [0.717, 1.165) is 12.8 Å². The summed E-state index contributed by atoms with van der Waals surface area (Å²) >= 11 is 7.34. The first kappa shape index (κ1) is 15.1. The molecule has 1 amide bonds. The summed E-state index contributed by atoms with van der Waals surface area (Å²) in [5.74, 6) is 0.108. The van der Waals surface area contributed by atoms with Gasteiger partial charge in [-0.15, -0.1) is 11.8 Å². The van der Waals surface area contributed by atoms with Crippen molar-refractivity contribution in [2.24, 2.45) is 0 Å². The molecule has 0 bridgehead atoms. The Labute approximate surface area is 126 Å². The van der Waals surface area contributed by atoms with E-state index in [2.05, 4.69) is 5.32 Å². The minimum absolute atomic E-state index is 0.184. The van der Waals surface area contributed by atoms with Crippen LogP contribution in [0.15, 0.2) is 18.2 Å². The summed E-state index contributed by atoms with van der Waals surface area (Å²) in [4.78, 5) is 22.2. The monoisotopic (exact) mass is 314 g/mol. The third-order valence-electron chi connectivity index (χ3n) is 3.18. The molecule has 1 aliphatic carbocycles. The first-order chi connectivity index (χ1) is 9.56. The lowest BCUT2D eigenvalue weighted by Crippen LogP contribution is -2.16. The van der Waals surface area contributed by atoms with E-state index < -0.39 is 4.92 Å². The molecule has 2 rings (SSSR count). The maximum absolute atomic E-state index is 11.8. The summed E-state index contributed by atoms with van der Waals surface area (Å²) in [6, 6.07) is 4.22. The van der Waals surface area contributed by atoms with Gasteiger partial charge in [0.05, 0.1) is 10.7 Å².